The van der Waals surface area contributed by atoms with Crippen molar-refractivity contribution in [1.29, 1.82) is 0 Å². The fourth-order valence-electron chi connectivity index (χ4n) is 4.21. The van der Waals surface area contributed by atoms with Crippen molar-refractivity contribution in [3.05, 3.63) is 59.3 Å². The van der Waals surface area contributed by atoms with Crippen molar-refractivity contribution in [2.24, 2.45) is 5.92 Å². The van der Waals surface area contributed by atoms with Crippen LogP contribution >= 0.6 is 0 Å². The predicted octanol–water partition coefficient (Wildman–Crippen LogP) is 3.00. The Bertz CT molecular complexity index is 1100. The molecule has 0 aromatic heterocycles. The van der Waals surface area contributed by atoms with E-state index in [0.717, 1.165) is 6.92 Å². The maximum atomic E-state index is 12.8. The van der Waals surface area contributed by atoms with Gasteiger partial charge in [-0.3, -0.25) is 0 Å². The van der Waals surface area contributed by atoms with Crippen LogP contribution in [0.25, 0.3) is 0 Å². The van der Waals surface area contributed by atoms with Gasteiger partial charge in [-0.15, -0.1) is 0 Å². The van der Waals surface area contributed by atoms with Crippen LogP contribution in [0.15, 0.2) is 59.3 Å². The first kappa shape index (κ1) is 36.0. The van der Waals surface area contributed by atoms with Gasteiger partial charge in [0.25, 0.3) is 0 Å². The molecule has 230 valence electrons. The number of carbonyl (C=O) groups is 3. The first-order valence-corrected chi connectivity index (χ1v) is 13.6. The average molecular weight is 579 g/mol. The summed E-state index contributed by atoms with van der Waals surface area (Å²) in [6.45, 7) is 20.2. The van der Waals surface area contributed by atoms with Crippen LogP contribution in [0, 0.1) is 5.92 Å². The monoisotopic (exact) mass is 578 g/mol. The lowest BCUT2D eigenvalue weighted by atomic mass is 9.67. The third-order valence-electron chi connectivity index (χ3n) is 7.53. The molecular formula is C31H46O10. The Hall–Kier alpha value is -3.05. The van der Waals surface area contributed by atoms with Crippen LogP contribution in [0.5, 0.6) is 0 Å². The molecule has 0 bridgehead atoms. The number of aliphatic hydroxyl groups excluding tert-OH is 3. The minimum Gasteiger partial charge on any atom is -0.456 e. The second-order valence-electron chi connectivity index (χ2n) is 10.8. The maximum Gasteiger partial charge on any atom is 0.333 e. The molecule has 1 rings (SSSR count). The molecule has 2 unspecified atom stereocenters. The first-order valence-electron chi connectivity index (χ1n) is 13.6. The maximum absolute atomic E-state index is 12.8. The Morgan fingerprint density at radius 2 is 1.51 bits per heavy atom. The quantitative estimate of drug-likeness (QED) is 0.117. The molecule has 4 N–H and O–H groups in total. The van der Waals surface area contributed by atoms with E-state index >= 15 is 0 Å². The van der Waals surface area contributed by atoms with Crippen molar-refractivity contribution < 1.29 is 49.0 Å². The Morgan fingerprint density at radius 3 is 2.00 bits per heavy atom. The van der Waals surface area contributed by atoms with Crippen molar-refractivity contribution in [3.63, 3.8) is 0 Å². The molecule has 10 nitrogen and oxygen atoms in total. The minimum atomic E-state index is -2.28. The lowest BCUT2D eigenvalue weighted by Gasteiger charge is -2.51. The topological polar surface area (TPSA) is 160 Å². The minimum absolute atomic E-state index is 0.0394. The number of ether oxygens (including phenoxy) is 3. The number of allylic oxidation sites excluding steroid dienone is 3. The molecular weight excluding hydrogens is 532 g/mol. The van der Waals surface area contributed by atoms with Gasteiger partial charge in [0, 0.05) is 23.6 Å². The summed E-state index contributed by atoms with van der Waals surface area (Å²) < 4.78 is 16.7. The highest BCUT2D eigenvalue weighted by molar-refractivity contribution is 5.88. The summed E-state index contributed by atoms with van der Waals surface area (Å²) in [6.07, 6.45) is -4.84. The van der Waals surface area contributed by atoms with Gasteiger partial charge in [-0.05, 0) is 60.5 Å². The van der Waals surface area contributed by atoms with Gasteiger partial charge < -0.3 is 34.6 Å². The lowest BCUT2D eigenvalue weighted by Crippen LogP contribution is -2.69. The standard InChI is InChI=1S/C31H46O10/c1-11-17(6)14-23(33)40-26-24(20(9)22(15-21(32)16(4)5)39-29(36)18(7)12-2)25(34)28(31(10,38)27(26)35)41-30(37)19(8)13-3/h12-14,21-22,24-28,32,34-35,38H,4,9,11,15H2,1-3,5-8,10H3/b17-14+,18-12?,19-13?/t21?,22?,24-,25-,26+,27+,28-,31-/m0/s1. The van der Waals surface area contributed by atoms with E-state index in [0.29, 0.717) is 17.6 Å². The highest BCUT2D eigenvalue weighted by Crippen LogP contribution is 2.42. The van der Waals surface area contributed by atoms with Gasteiger partial charge in [-0.2, -0.15) is 0 Å². The van der Waals surface area contributed by atoms with Crippen LogP contribution in [0.4, 0.5) is 0 Å². The van der Waals surface area contributed by atoms with Gasteiger partial charge in [0.05, 0.1) is 12.0 Å². The number of hydrogen-bond donors (Lipinski definition) is 4. The van der Waals surface area contributed by atoms with Crippen LogP contribution in [0.3, 0.4) is 0 Å². The highest BCUT2D eigenvalue weighted by Gasteiger charge is 2.60. The van der Waals surface area contributed by atoms with Crippen LogP contribution in [0.2, 0.25) is 0 Å². The second-order valence-corrected chi connectivity index (χ2v) is 10.8. The zero-order chi connectivity index (χ0) is 31.8. The predicted molar refractivity (Wildman–Crippen MR) is 153 cm³/mol. The fraction of sp³-hybridized carbons (Fsp3) is 0.581. The summed E-state index contributed by atoms with van der Waals surface area (Å²) in [6, 6.07) is 0. The molecule has 41 heavy (non-hydrogen) atoms. The third-order valence-corrected chi connectivity index (χ3v) is 7.53. The highest BCUT2D eigenvalue weighted by atomic mass is 16.6. The van der Waals surface area contributed by atoms with Crippen molar-refractivity contribution in [3.8, 4) is 0 Å². The molecule has 0 heterocycles. The lowest BCUT2D eigenvalue weighted by molar-refractivity contribution is -0.255. The van der Waals surface area contributed by atoms with E-state index in [1.807, 2.05) is 6.92 Å². The summed E-state index contributed by atoms with van der Waals surface area (Å²) in [5.74, 6) is -3.84. The van der Waals surface area contributed by atoms with Crippen LogP contribution in [-0.4, -0.2) is 80.6 Å². The molecule has 0 aliphatic heterocycles. The summed E-state index contributed by atoms with van der Waals surface area (Å²) >= 11 is 0. The van der Waals surface area contributed by atoms with Crippen molar-refractivity contribution in [2.75, 3.05) is 0 Å². The van der Waals surface area contributed by atoms with E-state index in [1.54, 1.807) is 27.7 Å². The number of aliphatic hydroxyl groups is 4. The number of carbonyl (C=O) groups excluding carboxylic acids is 3. The molecule has 1 saturated carbocycles. The number of esters is 3. The zero-order valence-electron chi connectivity index (χ0n) is 25.3. The van der Waals surface area contributed by atoms with Crippen LogP contribution in [-0.2, 0) is 28.6 Å². The Morgan fingerprint density at radius 1 is 0.976 bits per heavy atom. The van der Waals surface area contributed by atoms with Gasteiger partial charge in [0.1, 0.15) is 30.0 Å². The Labute approximate surface area is 242 Å². The molecule has 0 saturated heterocycles. The summed E-state index contributed by atoms with van der Waals surface area (Å²) in [4.78, 5) is 38.2. The molecule has 0 radical (unpaired) electrons. The van der Waals surface area contributed by atoms with Crippen LogP contribution < -0.4 is 0 Å². The van der Waals surface area contributed by atoms with Crippen molar-refractivity contribution in [1.82, 2.24) is 0 Å². The Kier molecular flexibility index (Phi) is 13.4. The molecule has 0 amide bonds. The van der Waals surface area contributed by atoms with E-state index < -0.39 is 66.1 Å². The summed E-state index contributed by atoms with van der Waals surface area (Å²) in [5.41, 5.74) is -0.830. The van der Waals surface area contributed by atoms with E-state index in [1.165, 1.54) is 32.1 Å². The number of hydrogen-bond acceptors (Lipinski definition) is 10. The molecule has 0 aromatic carbocycles. The molecule has 10 heteroatoms. The van der Waals surface area contributed by atoms with E-state index in [-0.39, 0.29) is 23.1 Å². The second kappa shape index (κ2) is 15.3. The SMILES string of the molecule is C=C(C)C(O)CC(OC(=O)C(C)=CC)C(=C)[C@H]1[C@H](O)[C@H](OC(=O)C(C)=CC)[C@@](C)(O)[C@H](O)[C@@H]1OC(=O)/C=C(\C)CC. The molecule has 8 atom stereocenters. The van der Waals surface area contributed by atoms with Crippen molar-refractivity contribution in [2.45, 2.75) is 110 Å². The zero-order valence-corrected chi connectivity index (χ0v) is 25.3. The van der Waals surface area contributed by atoms with Crippen LogP contribution in [0.1, 0.15) is 68.2 Å². The van der Waals surface area contributed by atoms with E-state index in [4.69, 9.17) is 14.2 Å². The van der Waals surface area contributed by atoms with Gasteiger partial charge >= 0.3 is 17.9 Å². The van der Waals surface area contributed by atoms with Crippen molar-refractivity contribution >= 4 is 17.9 Å². The normalized spacial score (nSPS) is 28.8. The molecule has 1 aliphatic carbocycles. The van der Waals surface area contributed by atoms with Gasteiger partial charge in [-0.1, -0.05) is 43.4 Å². The van der Waals surface area contributed by atoms with Gasteiger partial charge in [-0.25, -0.2) is 14.4 Å². The molecule has 0 spiro atoms. The average Bonchev–Trinajstić information content (AvgIpc) is 2.91. The first-order chi connectivity index (χ1) is 18.9. The number of rotatable bonds is 12. The fourth-order valence-corrected chi connectivity index (χ4v) is 4.21. The molecule has 0 aromatic rings. The molecule has 1 aliphatic rings. The Balaban J connectivity index is 3.73. The summed E-state index contributed by atoms with van der Waals surface area (Å²) in [7, 11) is 0. The largest absolute Gasteiger partial charge is 0.456 e. The van der Waals surface area contributed by atoms with Gasteiger partial charge in [0.2, 0.25) is 0 Å². The smallest absolute Gasteiger partial charge is 0.333 e. The van der Waals surface area contributed by atoms with E-state index in [2.05, 4.69) is 13.2 Å². The third kappa shape index (κ3) is 8.97. The van der Waals surface area contributed by atoms with E-state index in [9.17, 15) is 34.8 Å². The summed E-state index contributed by atoms with van der Waals surface area (Å²) in [5, 5.41) is 44.8. The molecule has 1 fully saturated rings. The van der Waals surface area contributed by atoms with Gasteiger partial charge in [0.15, 0.2) is 6.10 Å².